The maximum atomic E-state index is 13.2. The third-order valence-electron chi connectivity index (χ3n) is 4.46. The van der Waals surface area contributed by atoms with Crippen LogP contribution in [0.1, 0.15) is 25.6 Å². The monoisotopic (exact) mass is 478 g/mol. The highest BCUT2D eigenvalue weighted by Gasteiger charge is 2.25. The number of ether oxygens (including phenoxy) is 2. The standard InChI is InChI=1S/C23H30N2O5S2/c1-5-8-18(23(26)30-7-3)13-15-24-17-21-22(14-16-31-21)32(27,28)25(4)19-9-11-20(12-10-19)29-6-2/h5,8-14,16,24H,6-7,15,17H2,1-4H3/b8-5-,18-13+. The first-order chi connectivity index (χ1) is 15.3. The summed E-state index contributed by atoms with van der Waals surface area (Å²) < 4.78 is 38.1. The average molecular weight is 479 g/mol. The lowest BCUT2D eigenvalue weighted by molar-refractivity contribution is -0.138. The predicted molar refractivity (Wildman–Crippen MR) is 129 cm³/mol. The summed E-state index contributed by atoms with van der Waals surface area (Å²) in [6.45, 7) is 7.07. The number of anilines is 1. The number of rotatable bonds is 12. The highest BCUT2D eigenvalue weighted by Crippen LogP contribution is 2.28. The van der Waals surface area contributed by atoms with Crippen LogP contribution in [0, 0.1) is 0 Å². The topological polar surface area (TPSA) is 84.9 Å². The summed E-state index contributed by atoms with van der Waals surface area (Å²) in [5, 5.41) is 4.94. The molecule has 0 spiro atoms. The quantitative estimate of drug-likeness (QED) is 0.214. The molecular formula is C23H30N2O5S2. The van der Waals surface area contributed by atoms with E-state index < -0.39 is 10.0 Å². The molecule has 0 aliphatic heterocycles. The Labute approximate surface area is 194 Å². The van der Waals surface area contributed by atoms with Crippen LogP contribution in [0.4, 0.5) is 5.69 Å². The van der Waals surface area contributed by atoms with Gasteiger partial charge in [0.1, 0.15) is 10.6 Å². The number of carbonyl (C=O) groups is 1. The van der Waals surface area contributed by atoms with E-state index in [1.54, 1.807) is 60.9 Å². The molecule has 1 N–H and O–H groups in total. The van der Waals surface area contributed by atoms with Gasteiger partial charge in [-0.3, -0.25) is 4.31 Å². The van der Waals surface area contributed by atoms with Gasteiger partial charge in [-0.15, -0.1) is 11.3 Å². The van der Waals surface area contributed by atoms with Crippen LogP contribution in [0.15, 0.2) is 64.4 Å². The second kappa shape index (κ2) is 12.4. The van der Waals surface area contributed by atoms with Gasteiger partial charge in [0.15, 0.2) is 0 Å². The number of carbonyl (C=O) groups excluding carboxylic acids is 1. The van der Waals surface area contributed by atoms with E-state index in [0.29, 0.717) is 48.2 Å². The van der Waals surface area contributed by atoms with E-state index in [1.165, 1.54) is 22.7 Å². The van der Waals surface area contributed by atoms with Crippen molar-refractivity contribution in [3.63, 3.8) is 0 Å². The minimum atomic E-state index is -3.73. The number of hydrogen-bond acceptors (Lipinski definition) is 7. The number of thiophene rings is 1. The molecule has 0 unspecified atom stereocenters. The lowest BCUT2D eigenvalue weighted by atomic mass is 10.2. The number of nitrogens with zero attached hydrogens (tertiary/aromatic N) is 1. The molecule has 0 bridgehead atoms. The normalized spacial score (nSPS) is 12.2. The smallest absolute Gasteiger partial charge is 0.337 e. The van der Waals surface area contributed by atoms with Crippen LogP contribution in [-0.4, -0.2) is 41.2 Å². The van der Waals surface area contributed by atoms with E-state index in [-0.39, 0.29) is 10.9 Å². The molecule has 0 atom stereocenters. The van der Waals surface area contributed by atoms with Gasteiger partial charge in [-0.25, -0.2) is 13.2 Å². The van der Waals surface area contributed by atoms with Crippen molar-refractivity contribution in [2.24, 2.45) is 0 Å². The van der Waals surface area contributed by atoms with Crippen LogP contribution in [0.2, 0.25) is 0 Å². The molecule has 32 heavy (non-hydrogen) atoms. The molecule has 9 heteroatoms. The molecule has 1 heterocycles. The lowest BCUT2D eigenvalue weighted by Crippen LogP contribution is -2.27. The van der Waals surface area contributed by atoms with Gasteiger partial charge in [-0.1, -0.05) is 18.2 Å². The predicted octanol–water partition coefficient (Wildman–Crippen LogP) is 4.13. The van der Waals surface area contributed by atoms with Crippen LogP contribution in [0.25, 0.3) is 0 Å². The highest BCUT2D eigenvalue weighted by molar-refractivity contribution is 7.93. The number of hydrogen-bond donors (Lipinski definition) is 1. The second-order valence-corrected chi connectivity index (χ2v) is 9.56. The zero-order chi connectivity index (χ0) is 23.6. The van der Waals surface area contributed by atoms with E-state index in [0.717, 1.165) is 0 Å². The van der Waals surface area contributed by atoms with Crippen molar-refractivity contribution < 1.29 is 22.7 Å². The molecule has 1 aromatic heterocycles. The van der Waals surface area contributed by atoms with Crippen molar-refractivity contribution in [3.8, 4) is 5.75 Å². The third kappa shape index (κ3) is 6.69. The van der Waals surface area contributed by atoms with Crippen molar-refractivity contribution in [1.82, 2.24) is 5.32 Å². The fraction of sp³-hybridized carbons (Fsp3) is 0.348. The Morgan fingerprint density at radius 2 is 1.88 bits per heavy atom. The maximum Gasteiger partial charge on any atom is 0.337 e. The molecule has 1 aromatic carbocycles. The Kier molecular flexibility index (Phi) is 9.96. The van der Waals surface area contributed by atoms with E-state index >= 15 is 0 Å². The zero-order valence-corrected chi connectivity index (χ0v) is 20.5. The SMILES string of the molecule is C/C=C\C(=C/CNCc1sccc1S(=O)(=O)N(C)c1ccc(OCC)cc1)C(=O)OCC. The Hall–Kier alpha value is -2.62. The molecule has 0 saturated carbocycles. The summed E-state index contributed by atoms with van der Waals surface area (Å²) in [6.07, 6.45) is 5.18. The maximum absolute atomic E-state index is 13.2. The van der Waals surface area contributed by atoms with E-state index in [1.807, 2.05) is 13.8 Å². The molecule has 7 nitrogen and oxygen atoms in total. The molecule has 0 saturated heterocycles. The third-order valence-corrected chi connectivity index (χ3v) is 7.38. The zero-order valence-electron chi connectivity index (χ0n) is 18.8. The van der Waals surface area contributed by atoms with Crippen LogP contribution in [0.5, 0.6) is 5.75 Å². The number of nitrogens with one attached hydrogen (secondary N) is 1. The van der Waals surface area contributed by atoms with Crippen LogP contribution in [-0.2, 0) is 26.1 Å². The van der Waals surface area contributed by atoms with Gasteiger partial charge in [-0.05, 0) is 56.5 Å². The number of sulfonamides is 1. The van der Waals surface area contributed by atoms with Crippen molar-refractivity contribution >= 4 is 33.0 Å². The summed E-state index contributed by atoms with van der Waals surface area (Å²) in [7, 11) is -2.19. The van der Waals surface area contributed by atoms with E-state index in [2.05, 4.69) is 5.32 Å². The number of benzene rings is 1. The summed E-state index contributed by atoms with van der Waals surface area (Å²) in [6, 6.07) is 8.55. The van der Waals surface area contributed by atoms with Crippen molar-refractivity contribution in [2.45, 2.75) is 32.2 Å². The number of esters is 1. The minimum Gasteiger partial charge on any atom is -0.494 e. The fourth-order valence-corrected chi connectivity index (χ4v) is 5.45. The first-order valence-corrected chi connectivity index (χ1v) is 12.7. The Balaban J connectivity index is 2.10. The lowest BCUT2D eigenvalue weighted by Gasteiger charge is -2.20. The molecule has 0 aliphatic rings. The fourth-order valence-electron chi connectivity index (χ4n) is 2.87. The molecule has 0 fully saturated rings. The molecule has 0 aliphatic carbocycles. The molecule has 174 valence electrons. The van der Waals surface area contributed by atoms with Crippen LogP contribution < -0.4 is 14.4 Å². The first kappa shape index (κ1) is 25.6. The van der Waals surface area contributed by atoms with Crippen LogP contribution >= 0.6 is 11.3 Å². The second-order valence-electron chi connectivity index (χ2n) is 6.62. The molecule has 0 amide bonds. The Bertz CT molecular complexity index is 1040. The average Bonchev–Trinajstić information content (AvgIpc) is 3.26. The van der Waals surface area contributed by atoms with Crippen molar-refractivity contribution in [3.05, 3.63) is 64.4 Å². The van der Waals surface area contributed by atoms with Gasteiger partial charge < -0.3 is 14.8 Å². The summed E-state index contributed by atoms with van der Waals surface area (Å²) in [5.74, 6) is 0.305. The minimum absolute atomic E-state index is 0.259. The highest BCUT2D eigenvalue weighted by atomic mass is 32.2. The van der Waals surface area contributed by atoms with Gasteiger partial charge >= 0.3 is 5.97 Å². The van der Waals surface area contributed by atoms with Gasteiger partial charge in [0, 0.05) is 25.0 Å². The Morgan fingerprint density at radius 1 is 1.16 bits per heavy atom. The van der Waals surface area contributed by atoms with Gasteiger partial charge in [-0.2, -0.15) is 0 Å². The van der Waals surface area contributed by atoms with Gasteiger partial charge in [0.05, 0.1) is 24.5 Å². The largest absolute Gasteiger partial charge is 0.494 e. The molecule has 2 aromatic rings. The summed E-state index contributed by atoms with van der Waals surface area (Å²) in [4.78, 5) is 12.9. The van der Waals surface area contributed by atoms with Crippen molar-refractivity contribution in [1.29, 1.82) is 0 Å². The first-order valence-electron chi connectivity index (χ1n) is 10.3. The van der Waals surface area contributed by atoms with Gasteiger partial charge in [0.2, 0.25) is 0 Å². The Morgan fingerprint density at radius 3 is 2.50 bits per heavy atom. The van der Waals surface area contributed by atoms with E-state index in [4.69, 9.17) is 9.47 Å². The number of allylic oxidation sites excluding steroid dienone is 1. The van der Waals surface area contributed by atoms with E-state index in [9.17, 15) is 13.2 Å². The van der Waals surface area contributed by atoms with Crippen LogP contribution in [0.3, 0.4) is 0 Å². The van der Waals surface area contributed by atoms with Crippen molar-refractivity contribution in [2.75, 3.05) is 31.1 Å². The summed E-state index contributed by atoms with van der Waals surface area (Å²) in [5.41, 5.74) is 1.00. The summed E-state index contributed by atoms with van der Waals surface area (Å²) >= 11 is 1.37. The molecule has 2 rings (SSSR count). The molecular weight excluding hydrogens is 448 g/mol. The molecule has 0 radical (unpaired) electrons. The van der Waals surface area contributed by atoms with Gasteiger partial charge in [0.25, 0.3) is 10.0 Å².